The fraction of sp³-hybridized carbons (Fsp3) is 0.500. The molecule has 0 radical (unpaired) electrons. The van der Waals surface area contributed by atoms with E-state index in [1.54, 1.807) is 6.08 Å². The molecule has 0 aliphatic heterocycles. The summed E-state index contributed by atoms with van der Waals surface area (Å²) < 4.78 is 28.5. The molecule has 2 N–H and O–H groups in total. The summed E-state index contributed by atoms with van der Waals surface area (Å²) in [6, 6.07) is 12.1. The number of carboxylic acids is 1. The summed E-state index contributed by atoms with van der Waals surface area (Å²) in [5.74, 6) is -0.166. The number of unbranched alkanes of at least 4 members (excludes halogenated alkanes) is 3. The molecule has 0 saturated heterocycles. The normalized spacial score (nSPS) is 11.7. The molecule has 0 atom stereocenters. The first kappa shape index (κ1) is 31.3. The zero-order chi connectivity index (χ0) is 27.6. The number of hydrogen-bond donors (Lipinski definition) is 2. The van der Waals surface area contributed by atoms with Crippen LogP contribution < -0.4 is 10.1 Å². The van der Waals surface area contributed by atoms with E-state index >= 15 is 0 Å². The van der Waals surface area contributed by atoms with E-state index in [-0.39, 0.29) is 0 Å². The van der Waals surface area contributed by atoms with Crippen molar-refractivity contribution in [3.8, 4) is 5.75 Å². The van der Waals surface area contributed by atoms with Gasteiger partial charge in [0.05, 0.1) is 13.2 Å². The highest BCUT2D eigenvalue weighted by Crippen LogP contribution is 2.23. The number of amides is 1. The van der Waals surface area contributed by atoms with Gasteiger partial charge in [-0.05, 0) is 87.1 Å². The lowest BCUT2D eigenvalue weighted by Crippen LogP contribution is -2.48. The first-order chi connectivity index (χ1) is 18.4. The number of rotatable bonds is 19. The first-order valence-electron chi connectivity index (χ1n) is 13.3. The lowest BCUT2D eigenvalue weighted by atomic mass is 10.1. The largest absolute Gasteiger partial charge is 0.502 e. The lowest BCUT2D eigenvalue weighted by molar-refractivity contribution is -0.131. The molecule has 0 unspecified atom stereocenters. The van der Waals surface area contributed by atoms with Crippen molar-refractivity contribution < 1.29 is 37.4 Å². The van der Waals surface area contributed by atoms with Gasteiger partial charge in [0.25, 0.3) is 0 Å². The van der Waals surface area contributed by atoms with Gasteiger partial charge in [0.1, 0.15) is 5.75 Å². The molecule has 0 fully saturated rings. The van der Waals surface area contributed by atoms with E-state index in [9.17, 15) is 9.59 Å². The van der Waals surface area contributed by atoms with Gasteiger partial charge in [0.2, 0.25) is 0 Å². The van der Waals surface area contributed by atoms with E-state index in [4.69, 9.17) is 27.9 Å². The first-order valence-corrected chi connectivity index (χ1v) is 15.2. The fourth-order valence-electron chi connectivity index (χ4n) is 3.89. The quantitative estimate of drug-likeness (QED) is 0.132. The van der Waals surface area contributed by atoms with Crippen LogP contribution in [0.5, 0.6) is 5.75 Å². The van der Waals surface area contributed by atoms with Gasteiger partial charge in [-0.25, -0.2) is 9.59 Å². The number of hydrogen-bond acceptors (Lipinski definition) is 7. The Morgan fingerprint density at radius 1 is 0.868 bits per heavy atom. The molecule has 0 heterocycles. The third kappa shape index (κ3) is 11.6. The number of carboxylic acid groups (broad SMARTS) is 1. The molecule has 1 amide bonds. The second kappa shape index (κ2) is 17.6. The van der Waals surface area contributed by atoms with Crippen molar-refractivity contribution in [2.45, 2.75) is 52.5 Å². The number of benzene rings is 2. The van der Waals surface area contributed by atoms with Crippen molar-refractivity contribution in [2.75, 3.05) is 39.6 Å². The van der Waals surface area contributed by atoms with Gasteiger partial charge in [-0.1, -0.05) is 18.2 Å². The Labute approximate surface area is 226 Å². The summed E-state index contributed by atoms with van der Waals surface area (Å²) in [4.78, 5) is 22.7. The van der Waals surface area contributed by atoms with Crippen LogP contribution in [0.1, 0.15) is 52.0 Å². The molecule has 10 heteroatoms. The highest BCUT2D eigenvalue weighted by atomic mass is 28.4. The van der Waals surface area contributed by atoms with Crippen LogP contribution in [0.25, 0.3) is 16.8 Å². The zero-order valence-corrected chi connectivity index (χ0v) is 23.7. The summed E-state index contributed by atoms with van der Waals surface area (Å²) in [5, 5.41) is 13.6. The van der Waals surface area contributed by atoms with Crippen LogP contribution in [-0.4, -0.2) is 65.6 Å². The molecule has 2 aromatic rings. The van der Waals surface area contributed by atoms with Crippen LogP contribution in [0, 0.1) is 0 Å². The maximum atomic E-state index is 12.0. The van der Waals surface area contributed by atoms with Crippen LogP contribution in [0.2, 0.25) is 6.04 Å². The minimum Gasteiger partial charge on any atom is -0.494 e. The number of aliphatic carboxylic acids is 1. The molecule has 0 spiro atoms. The van der Waals surface area contributed by atoms with Crippen LogP contribution >= 0.6 is 0 Å². The number of carbonyl (C=O) groups is 2. The van der Waals surface area contributed by atoms with Crippen molar-refractivity contribution >= 4 is 37.7 Å². The topological polar surface area (TPSA) is 113 Å². The molecule has 0 saturated carbocycles. The highest BCUT2D eigenvalue weighted by Gasteiger charge is 2.40. The summed E-state index contributed by atoms with van der Waals surface area (Å²) in [6.07, 6.45) is 5.87. The number of carbonyl (C=O) groups excluding carboxylic acids is 1. The van der Waals surface area contributed by atoms with Gasteiger partial charge in [-0.3, -0.25) is 0 Å². The summed E-state index contributed by atoms with van der Waals surface area (Å²) in [6.45, 7) is 8.56. The predicted octanol–water partition coefficient (Wildman–Crippen LogP) is 5.65. The monoisotopic (exact) mass is 547 g/mol. The van der Waals surface area contributed by atoms with E-state index in [0.29, 0.717) is 45.6 Å². The van der Waals surface area contributed by atoms with Gasteiger partial charge in [-0.2, -0.15) is 0 Å². The van der Waals surface area contributed by atoms with Gasteiger partial charge in [0, 0.05) is 38.5 Å². The van der Waals surface area contributed by atoms with Gasteiger partial charge in [0.15, 0.2) is 0 Å². The molecule has 2 rings (SSSR count). The number of ether oxygens (including phenoxy) is 2. The third-order valence-corrected chi connectivity index (χ3v) is 8.64. The minimum absolute atomic E-state index is 0.367. The Bertz CT molecular complexity index is 1010. The van der Waals surface area contributed by atoms with Crippen molar-refractivity contribution in [3.63, 3.8) is 0 Å². The van der Waals surface area contributed by atoms with E-state index < -0.39 is 20.9 Å². The Balaban J connectivity index is 1.59. The molecular formula is C28H41NO8Si. The Morgan fingerprint density at radius 2 is 1.50 bits per heavy atom. The number of fused-ring (bicyclic) bond motifs is 1. The standard InChI is InChI=1S/C28H41NO8Si/c1-4-35-38(36-5-2,37-6-3)20-17-29-28(32)34-19-10-8-7-9-18-33-26-15-14-24-21-23(12-16-27(30)31)11-13-25(24)22-26/h11-16,21-22H,4-10,17-20H2,1-3H3,(H,29,32)(H,30,31)/b16-12+. The second-order valence-electron chi connectivity index (χ2n) is 8.50. The number of alkyl carbamates (subject to hydrolysis) is 1. The molecule has 0 aliphatic carbocycles. The Kier molecular flexibility index (Phi) is 14.5. The van der Waals surface area contributed by atoms with Crippen molar-refractivity contribution in [1.82, 2.24) is 5.32 Å². The Hall–Kier alpha value is -2.92. The maximum Gasteiger partial charge on any atom is 0.502 e. The van der Waals surface area contributed by atoms with Gasteiger partial charge < -0.3 is 33.2 Å². The maximum absolute atomic E-state index is 12.0. The summed E-state index contributed by atoms with van der Waals surface area (Å²) in [5.41, 5.74) is 0.837. The predicted molar refractivity (Wildman–Crippen MR) is 149 cm³/mol. The molecule has 0 aromatic heterocycles. The molecule has 0 aliphatic rings. The van der Waals surface area contributed by atoms with Crippen LogP contribution in [-0.2, 0) is 22.8 Å². The highest BCUT2D eigenvalue weighted by molar-refractivity contribution is 6.60. The molecule has 38 heavy (non-hydrogen) atoms. The fourth-order valence-corrected chi connectivity index (χ4v) is 6.32. The molecule has 2 aromatic carbocycles. The summed E-state index contributed by atoms with van der Waals surface area (Å²) in [7, 11) is -2.77. The smallest absolute Gasteiger partial charge is 0.494 e. The van der Waals surface area contributed by atoms with Crippen LogP contribution in [0.4, 0.5) is 4.79 Å². The zero-order valence-electron chi connectivity index (χ0n) is 22.7. The van der Waals surface area contributed by atoms with E-state index in [0.717, 1.165) is 53.8 Å². The molecule has 0 bridgehead atoms. The van der Waals surface area contributed by atoms with Gasteiger partial charge >= 0.3 is 20.9 Å². The lowest BCUT2D eigenvalue weighted by Gasteiger charge is -2.28. The van der Waals surface area contributed by atoms with E-state index in [1.807, 2.05) is 57.2 Å². The Morgan fingerprint density at radius 3 is 2.16 bits per heavy atom. The number of nitrogens with one attached hydrogen (secondary N) is 1. The SMILES string of the molecule is CCO[Si](CCNC(=O)OCCCCCCOc1ccc2cc(/C=C/C(=O)O)ccc2c1)(OCC)OCC. The second-order valence-corrected chi connectivity index (χ2v) is 11.2. The van der Waals surface area contributed by atoms with E-state index in [2.05, 4.69) is 5.32 Å². The van der Waals surface area contributed by atoms with Crippen molar-refractivity contribution in [2.24, 2.45) is 0 Å². The average molecular weight is 548 g/mol. The minimum atomic E-state index is -2.77. The third-order valence-electron chi connectivity index (χ3n) is 5.59. The van der Waals surface area contributed by atoms with Crippen molar-refractivity contribution in [1.29, 1.82) is 0 Å². The molecule has 210 valence electrons. The molecular weight excluding hydrogens is 506 g/mol. The van der Waals surface area contributed by atoms with Crippen LogP contribution in [0.3, 0.4) is 0 Å². The summed E-state index contributed by atoms with van der Waals surface area (Å²) >= 11 is 0. The average Bonchev–Trinajstić information content (AvgIpc) is 2.89. The van der Waals surface area contributed by atoms with Crippen molar-refractivity contribution in [3.05, 3.63) is 48.0 Å². The molecule has 9 nitrogen and oxygen atoms in total. The van der Waals surface area contributed by atoms with E-state index in [1.165, 1.54) is 0 Å². The van der Waals surface area contributed by atoms with Gasteiger partial charge in [-0.15, -0.1) is 0 Å². The van der Waals surface area contributed by atoms with Crippen LogP contribution in [0.15, 0.2) is 42.5 Å².